The summed E-state index contributed by atoms with van der Waals surface area (Å²) in [6, 6.07) is 22.6. The fourth-order valence-electron chi connectivity index (χ4n) is 4.15. The Morgan fingerprint density at radius 2 is 1.75 bits per heavy atom. The lowest BCUT2D eigenvalue weighted by molar-refractivity contribution is -0.125. The van der Waals surface area contributed by atoms with E-state index in [0.717, 1.165) is 48.4 Å². The van der Waals surface area contributed by atoms with Crippen molar-refractivity contribution in [3.8, 4) is 5.75 Å². The highest BCUT2D eigenvalue weighted by molar-refractivity contribution is 5.83. The van der Waals surface area contributed by atoms with Crippen LogP contribution >= 0.6 is 0 Å². The minimum absolute atomic E-state index is 0.0585. The van der Waals surface area contributed by atoms with E-state index in [4.69, 9.17) is 9.72 Å². The van der Waals surface area contributed by atoms with E-state index in [2.05, 4.69) is 54.1 Å². The maximum absolute atomic E-state index is 12.4. The number of aryl methyl sites for hydroxylation is 1. The molecule has 5 heteroatoms. The first-order valence-corrected chi connectivity index (χ1v) is 11.5. The number of rotatable bonds is 10. The Morgan fingerprint density at radius 3 is 2.56 bits per heavy atom. The molecule has 4 rings (SSSR count). The molecule has 1 aromatic heterocycles. The molecule has 0 saturated carbocycles. The van der Waals surface area contributed by atoms with E-state index in [9.17, 15) is 4.79 Å². The van der Waals surface area contributed by atoms with E-state index >= 15 is 0 Å². The number of carbonyl (C=O) groups excluding carboxylic acids is 1. The maximum Gasteiger partial charge on any atom is 0.223 e. The molecule has 32 heavy (non-hydrogen) atoms. The first kappa shape index (κ1) is 21.9. The van der Waals surface area contributed by atoms with Crippen molar-refractivity contribution >= 4 is 27.7 Å². The Labute approximate surface area is 189 Å². The molecule has 0 saturated heterocycles. The van der Waals surface area contributed by atoms with Crippen LogP contribution in [0.25, 0.3) is 21.8 Å². The van der Waals surface area contributed by atoms with Crippen LogP contribution in [0.2, 0.25) is 0 Å². The number of ether oxygens (including phenoxy) is 1. The summed E-state index contributed by atoms with van der Waals surface area (Å²) in [6.45, 7) is 5.95. The monoisotopic (exact) mass is 429 g/mol. The zero-order chi connectivity index (χ0) is 22.3. The Morgan fingerprint density at radius 1 is 1.00 bits per heavy atom. The van der Waals surface area contributed by atoms with Crippen molar-refractivity contribution < 1.29 is 9.53 Å². The lowest BCUT2D eigenvalue weighted by Gasteiger charge is -2.14. The van der Waals surface area contributed by atoms with Crippen LogP contribution < -0.4 is 10.1 Å². The van der Waals surface area contributed by atoms with Gasteiger partial charge in [0.15, 0.2) is 0 Å². The van der Waals surface area contributed by atoms with Crippen LogP contribution in [0.1, 0.15) is 38.9 Å². The van der Waals surface area contributed by atoms with Crippen LogP contribution in [0.15, 0.2) is 66.7 Å². The van der Waals surface area contributed by atoms with E-state index in [1.54, 1.807) is 0 Å². The summed E-state index contributed by atoms with van der Waals surface area (Å²) in [5.74, 6) is 1.93. The van der Waals surface area contributed by atoms with Gasteiger partial charge >= 0.3 is 0 Å². The number of nitrogens with zero attached hydrogens (tertiary/aromatic N) is 2. The van der Waals surface area contributed by atoms with Gasteiger partial charge in [0.25, 0.3) is 0 Å². The van der Waals surface area contributed by atoms with Crippen LogP contribution in [0.4, 0.5) is 0 Å². The third kappa shape index (κ3) is 4.93. The van der Waals surface area contributed by atoms with Crippen LogP contribution in [0.5, 0.6) is 5.75 Å². The van der Waals surface area contributed by atoms with Crippen molar-refractivity contribution in [2.45, 2.75) is 46.2 Å². The number of nitrogens with one attached hydrogen (secondary N) is 1. The van der Waals surface area contributed by atoms with Crippen molar-refractivity contribution in [3.63, 3.8) is 0 Å². The Hall–Kier alpha value is -3.34. The van der Waals surface area contributed by atoms with Crippen molar-refractivity contribution in [2.24, 2.45) is 5.92 Å². The Kier molecular flexibility index (Phi) is 7.05. The number of imidazole rings is 1. The summed E-state index contributed by atoms with van der Waals surface area (Å²) in [5, 5.41) is 5.48. The zero-order valence-corrected chi connectivity index (χ0v) is 18.9. The van der Waals surface area contributed by atoms with E-state index in [1.165, 1.54) is 10.8 Å². The second kappa shape index (κ2) is 10.3. The number of benzene rings is 3. The number of para-hydroxylation sites is 2. The summed E-state index contributed by atoms with van der Waals surface area (Å²) in [7, 11) is 0. The molecule has 0 radical (unpaired) electrons. The molecule has 1 heterocycles. The first-order chi connectivity index (χ1) is 15.7. The minimum atomic E-state index is 0.0585. The molecule has 3 aromatic carbocycles. The number of aromatic nitrogens is 2. The van der Waals surface area contributed by atoms with Crippen molar-refractivity contribution in [1.29, 1.82) is 0 Å². The molecule has 1 N–H and O–H groups in total. The van der Waals surface area contributed by atoms with Gasteiger partial charge in [-0.05, 0) is 54.3 Å². The predicted molar refractivity (Wildman–Crippen MR) is 130 cm³/mol. The molecule has 4 aromatic rings. The third-order valence-corrected chi connectivity index (χ3v) is 6.03. The van der Waals surface area contributed by atoms with Gasteiger partial charge < -0.3 is 14.6 Å². The van der Waals surface area contributed by atoms with E-state index in [-0.39, 0.29) is 11.8 Å². The standard InChI is InChI=1S/C27H31N3O2/c1-3-20(4-2)27(31)28-19-26-29-24-12-7-8-13-25(24)30(26)16-9-17-32-23-15-14-21-10-5-6-11-22(21)18-23/h5-8,10-15,18,20H,3-4,9,16-17,19H2,1-2H3,(H,28,31). The van der Waals surface area contributed by atoms with E-state index < -0.39 is 0 Å². The molecule has 0 bridgehead atoms. The molecule has 0 aliphatic heterocycles. The van der Waals surface area contributed by atoms with Gasteiger partial charge in [-0.1, -0.05) is 56.3 Å². The molecule has 1 amide bonds. The number of carbonyl (C=O) groups is 1. The fraction of sp³-hybridized carbons (Fsp3) is 0.333. The summed E-state index contributed by atoms with van der Waals surface area (Å²) in [4.78, 5) is 17.2. The summed E-state index contributed by atoms with van der Waals surface area (Å²) in [6.07, 6.45) is 2.55. The molecular weight excluding hydrogens is 398 g/mol. The first-order valence-electron chi connectivity index (χ1n) is 11.5. The molecule has 0 aliphatic carbocycles. The maximum atomic E-state index is 12.4. The van der Waals surface area contributed by atoms with Gasteiger partial charge in [0, 0.05) is 12.5 Å². The molecule has 0 atom stereocenters. The van der Waals surface area contributed by atoms with Crippen LogP contribution in [-0.4, -0.2) is 22.1 Å². The molecule has 166 valence electrons. The lowest BCUT2D eigenvalue weighted by Crippen LogP contribution is -2.30. The molecule has 0 unspecified atom stereocenters. The van der Waals surface area contributed by atoms with Gasteiger partial charge in [0.2, 0.25) is 5.91 Å². The van der Waals surface area contributed by atoms with E-state index in [1.807, 2.05) is 36.4 Å². The predicted octanol–water partition coefficient (Wildman–Crippen LogP) is 5.71. The topological polar surface area (TPSA) is 56.2 Å². The number of hydrogen-bond donors (Lipinski definition) is 1. The lowest BCUT2D eigenvalue weighted by atomic mass is 10.0. The average molecular weight is 430 g/mol. The van der Waals surface area contributed by atoms with Gasteiger partial charge in [-0.15, -0.1) is 0 Å². The van der Waals surface area contributed by atoms with Crippen molar-refractivity contribution in [1.82, 2.24) is 14.9 Å². The molecular formula is C27H31N3O2. The van der Waals surface area contributed by atoms with Gasteiger partial charge in [0.05, 0.1) is 24.2 Å². The van der Waals surface area contributed by atoms with Gasteiger partial charge in [-0.3, -0.25) is 4.79 Å². The summed E-state index contributed by atoms with van der Waals surface area (Å²) < 4.78 is 8.22. The quantitative estimate of drug-likeness (QED) is 0.329. The van der Waals surface area contributed by atoms with Gasteiger partial charge in [-0.2, -0.15) is 0 Å². The second-order valence-electron chi connectivity index (χ2n) is 8.11. The highest BCUT2D eigenvalue weighted by atomic mass is 16.5. The number of fused-ring (bicyclic) bond motifs is 2. The molecule has 5 nitrogen and oxygen atoms in total. The number of hydrogen-bond acceptors (Lipinski definition) is 3. The SMILES string of the molecule is CCC(CC)C(=O)NCc1nc2ccccc2n1CCCOc1ccc2ccccc2c1. The normalized spacial score (nSPS) is 11.3. The minimum Gasteiger partial charge on any atom is -0.494 e. The highest BCUT2D eigenvalue weighted by Crippen LogP contribution is 2.21. The Balaban J connectivity index is 1.41. The van der Waals surface area contributed by atoms with Crippen molar-refractivity contribution in [2.75, 3.05) is 6.61 Å². The summed E-state index contributed by atoms with van der Waals surface area (Å²) in [5.41, 5.74) is 2.04. The molecule has 0 aliphatic rings. The average Bonchev–Trinajstić information content (AvgIpc) is 3.18. The van der Waals surface area contributed by atoms with Gasteiger partial charge in [-0.25, -0.2) is 4.98 Å². The number of amides is 1. The van der Waals surface area contributed by atoms with Crippen LogP contribution in [0.3, 0.4) is 0 Å². The van der Waals surface area contributed by atoms with Crippen LogP contribution in [0, 0.1) is 5.92 Å². The fourth-order valence-corrected chi connectivity index (χ4v) is 4.15. The second-order valence-corrected chi connectivity index (χ2v) is 8.11. The van der Waals surface area contributed by atoms with Gasteiger partial charge in [0.1, 0.15) is 11.6 Å². The zero-order valence-electron chi connectivity index (χ0n) is 18.9. The molecule has 0 fully saturated rings. The highest BCUT2D eigenvalue weighted by Gasteiger charge is 2.16. The van der Waals surface area contributed by atoms with Crippen molar-refractivity contribution in [3.05, 3.63) is 72.6 Å². The largest absolute Gasteiger partial charge is 0.494 e. The van der Waals surface area contributed by atoms with E-state index in [0.29, 0.717) is 13.2 Å². The summed E-state index contributed by atoms with van der Waals surface area (Å²) >= 11 is 0. The smallest absolute Gasteiger partial charge is 0.223 e. The Bertz CT molecular complexity index is 1190. The third-order valence-electron chi connectivity index (χ3n) is 6.03. The van der Waals surface area contributed by atoms with Crippen LogP contribution in [-0.2, 0) is 17.9 Å². The molecule has 0 spiro atoms.